The molecule has 0 aromatic carbocycles. The molecule has 0 saturated heterocycles. The fourth-order valence-corrected chi connectivity index (χ4v) is 0.753. The minimum absolute atomic E-state index is 0.663. The smallest absolute Gasteiger partial charge is 0.300 e. The Labute approximate surface area is 87.3 Å². The van der Waals surface area contributed by atoms with E-state index in [-0.39, 0.29) is 0 Å². The van der Waals surface area contributed by atoms with Gasteiger partial charge in [0, 0.05) is 6.92 Å². The van der Waals surface area contributed by atoms with E-state index in [1.807, 2.05) is 6.08 Å². The van der Waals surface area contributed by atoms with Gasteiger partial charge >= 0.3 is 0 Å². The molecule has 0 aliphatic rings. The van der Waals surface area contributed by atoms with Crippen LogP contribution in [0.2, 0.25) is 0 Å². The van der Waals surface area contributed by atoms with Gasteiger partial charge < -0.3 is 5.11 Å². The third kappa shape index (κ3) is 22.4. The van der Waals surface area contributed by atoms with Crippen LogP contribution in [-0.2, 0) is 4.79 Å². The second kappa shape index (κ2) is 10.0. The van der Waals surface area contributed by atoms with Crippen LogP contribution in [0.3, 0.4) is 0 Å². The van der Waals surface area contributed by atoms with Gasteiger partial charge in [-0.1, -0.05) is 24.6 Å². The lowest BCUT2D eigenvalue weighted by molar-refractivity contribution is -0.134. The van der Waals surface area contributed by atoms with Gasteiger partial charge in [0.05, 0.1) is 0 Å². The van der Waals surface area contributed by atoms with Crippen molar-refractivity contribution in [2.24, 2.45) is 5.92 Å². The van der Waals surface area contributed by atoms with Crippen LogP contribution >= 0.6 is 0 Å². The molecule has 0 rings (SSSR count). The minimum Gasteiger partial charge on any atom is -0.481 e. The second-order valence-corrected chi connectivity index (χ2v) is 3.59. The van der Waals surface area contributed by atoms with Crippen molar-refractivity contribution in [2.75, 3.05) is 0 Å². The van der Waals surface area contributed by atoms with Gasteiger partial charge in [0.1, 0.15) is 0 Å². The van der Waals surface area contributed by atoms with E-state index in [0.717, 1.165) is 6.92 Å². The maximum atomic E-state index is 9.00. The Morgan fingerprint density at radius 2 is 1.86 bits per heavy atom. The summed E-state index contributed by atoms with van der Waals surface area (Å²) >= 11 is 0. The SMILES string of the molecule is C=CC(C)CCC=C(C)C.CC(=O)O. The molecule has 0 saturated carbocycles. The van der Waals surface area contributed by atoms with Gasteiger partial charge in [-0.15, -0.1) is 6.58 Å². The van der Waals surface area contributed by atoms with E-state index < -0.39 is 5.97 Å². The Morgan fingerprint density at radius 3 is 2.14 bits per heavy atom. The van der Waals surface area contributed by atoms with Gasteiger partial charge in [0.2, 0.25) is 0 Å². The quantitative estimate of drug-likeness (QED) is 0.700. The van der Waals surface area contributed by atoms with Crippen LogP contribution < -0.4 is 0 Å². The molecule has 82 valence electrons. The third-order valence-electron chi connectivity index (χ3n) is 1.58. The summed E-state index contributed by atoms with van der Waals surface area (Å²) in [5, 5.41) is 7.42. The average Bonchev–Trinajstić information content (AvgIpc) is 2.02. The van der Waals surface area contributed by atoms with Crippen molar-refractivity contribution in [3.05, 3.63) is 24.3 Å². The minimum atomic E-state index is -0.833. The zero-order chi connectivity index (χ0) is 11.6. The number of carboxylic acid groups (broad SMARTS) is 1. The largest absolute Gasteiger partial charge is 0.481 e. The molecule has 0 fully saturated rings. The Bertz CT molecular complexity index is 184. The highest BCUT2D eigenvalue weighted by Crippen LogP contribution is 2.07. The Kier molecular flexibility index (Phi) is 11.1. The predicted molar refractivity (Wildman–Crippen MR) is 61.3 cm³/mol. The van der Waals surface area contributed by atoms with Crippen molar-refractivity contribution in [2.45, 2.75) is 40.5 Å². The van der Waals surface area contributed by atoms with Crippen LogP contribution in [0, 0.1) is 5.92 Å². The number of carboxylic acids is 1. The van der Waals surface area contributed by atoms with E-state index in [4.69, 9.17) is 9.90 Å². The zero-order valence-corrected chi connectivity index (χ0v) is 9.71. The third-order valence-corrected chi connectivity index (χ3v) is 1.58. The summed E-state index contributed by atoms with van der Waals surface area (Å²) in [6, 6.07) is 0. The van der Waals surface area contributed by atoms with E-state index in [0.29, 0.717) is 5.92 Å². The molecule has 14 heavy (non-hydrogen) atoms. The normalized spacial score (nSPS) is 10.6. The van der Waals surface area contributed by atoms with Gasteiger partial charge in [-0.05, 0) is 32.6 Å². The summed E-state index contributed by atoms with van der Waals surface area (Å²) in [7, 11) is 0. The van der Waals surface area contributed by atoms with Crippen LogP contribution in [0.4, 0.5) is 0 Å². The van der Waals surface area contributed by atoms with E-state index >= 15 is 0 Å². The van der Waals surface area contributed by atoms with Crippen LogP contribution in [0.15, 0.2) is 24.3 Å². The topological polar surface area (TPSA) is 37.3 Å². The fraction of sp³-hybridized carbons (Fsp3) is 0.583. The molecule has 0 amide bonds. The van der Waals surface area contributed by atoms with Gasteiger partial charge in [-0.3, -0.25) is 4.79 Å². The molecule has 0 aliphatic carbocycles. The summed E-state index contributed by atoms with van der Waals surface area (Å²) in [5.41, 5.74) is 1.41. The summed E-state index contributed by atoms with van der Waals surface area (Å²) in [6.45, 7) is 11.3. The standard InChI is InChI=1S/C10H18.C2H4O2/c1-5-10(4)8-6-7-9(2)3;1-2(3)4/h5,7,10H,1,6,8H2,2-4H3;1H3,(H,3,4). The maximum Gasteiger partial charge on any atom is 0.300 e. The molecular weight excluding hydrogens is 176 g/mol. The van der Waals surface area contributed by atoms with Crippen molar-refractivity contribution < 1.29 is 9.90 Å². The second-order valence-electron chi connectivity index (χ2n) is 3.59. The molecule has 0 heterocycles. The molecule has 1 N–H and O–H groups in total. The van der Waals surface area contributed by atoms with Gasteiger partial charge in [-0.2, -0.15) is 0 Å². The average molecular weight is 198 g/mol. The Hall–Kier alpha value is -1.05. The molecular formula is C12H22O2. The molecule has 0 radical (unpaired) electrons. The Morgan fingerprint density at radius 1 is 1.43 bits per heavy atom. The lowest BCUT2D eigenvalue weighted by Crippen LogP contribution is -1.86. The fourth-order valence-electron chi connectivity index (χ4n) is 0.753. The molecule has 0 spiro atoms. The first-order chi connectivity index (χ1) is 6.40. The first-order valence-corrected chi connectivity index (χ1v) is 4.85. The first kappa shape index (κ1) is 15.4. The molecule has 1 unspecified atom stereocenters. The van der Waals surface area contributed by atoms with Crippen molar-refractivity contribution in [3.63, 3.8) is 0 Å². The number of rotatable bonds is 4. The molecule has 0 bridgehead atoms. The van der Waals surface area contributed by atoms with E-state index in [1.54, 1.807) is 0 Å². The molecule has 2 heteroatoms. The van der Waals surface area contributed by atoms with Crippen LogP contribution in [-0.4, -0.2) is 11.1 Å². The van der Waals surface area contributed by atoms with Crippen LogP contribution in [0.25, 0.3) is 0 Å². The number of hydrogen-bond acceptors (Lipinski definition) is 1. The van der Waals surface area contributed by atoms with Gasteiger partial charge in [0.15, 0.2) is 0 Å². The van der Waals surface area contributed by atoms with Gasteiger partial charge in [-0.25, -0.2) is 0 Å². The van der Waals surface area contributed by atoms with Crippen LogP contribution in [0.5, 0.6) is 0 Å². The summed E-state index contributed by atoms with van der Waals surface area (Å²) in [4.78, 5) is 9.00. The predicted octanol–water partition coefficient (Wildman–Crippen LogP) is 3.65. The highest BCUT2D eigenvalue weighted by molar-refractivity contribution is 5.62. The van der Waals surface area contributed by atoms with Crippen LogP contribution in [0.1, 0.15) is 40.5 Å². The number of hydrogen-bond donors (Lipinski definition) is 1. The summed E-state index contributed by atoms with van der Waals surface area (Å²) in [6.07, 6.45) is 6.71. The highest BCUT2D eigenvalue weighted by Gasteiger charge is 1.92. The molecule has 0 aliphatic heterocycles. The molecule has 0 aromatic heterocycles. The monoisotopic (exact) mass is 198 g/mol. The molecule has 2 nitrogen and oxygen atoms in total. The molecule has 0 aromatic rings. The lowest BCUT2D eigenvalue weighted by Gasteiger charge is -2.01. The van der Waals surface area contributed by atoms with Gasteiger partial charge in [0.25, 0.3) is 5.97 Å². The van der Waals surface area contributed by atoms with E-state index in [9.17, 15) is 0 Å². The van der Waals surface area contributed by atoms with Crippen molar-refractivity contribution in [3.8, 4) is 0 Å². The van der Waals surface area contributed by atoms with Crippen molar-refractivity contribution in [1.82, 2.24) is 0 Å². The lowest BCUT2D eigenvalue weighted by atomic mass is 10.1. The highest BCUT2D eigenvalue weighted by atomic mass is 16.4. The van der Waals surface area contributed by atoms with Crippen molar-refractivity contribution >= 4 is 5.97 Å². The first-order valence-electron chi connectivity index (χ1n) is 4.85. The Balaban J connectivity index is 0. The zero-order valence-electron chi connectivity index (χ0n) is 9.71. The maximum absolute atomic E-state index is 9.00. The summed E-state index contributed by atoms with van der Waals surface area (Å²) < 4.78 is 0. The van der Waals surface area contributed by atoms with E-state index in [2.05, 4.69) is 33.4 Å². The van der Waals surface area contributed by atoms with Crippen molar-refractivity contribution in [1.29, 1.82) is 0 Å². The molecule has 1 atom stereocenters. The number of aliphatic carboxylic acids is 1. The number of allylic oxidation sites excluding steroid dienone is 3. The number of carbonyl (C=O) groups is 1. The summed E-state index contributed by atoms with van der Waals surface area (Å²) in [5.74, 6) is -0.171. The van der Waals surface area contributed by atoms with E-state index in [1.165, 1.54) is 18.4 Å².